The van der Waals surface area contributed by atoms with Crippen molar-refractivity contribution in [3.63, 3.8) is 0 Å². The zero-order chi connectivity index (χ0) is 11.0. The zero-order valence-electron chi connectivity index (χ0n) is 7.93. The van der Waals surface area contributed by atoms with Crippen LogP contribution < -0.4 is 0 Å². The van der Waals surface area contributed by atoms with Crippen molar-refractivity contribution in [1.82, 2.24) is 0 Å². The number of aliphatic hydroxyl groups is 1. The van der Waals surface area contributed by atoms with Gasteiger partial charge in [0.05, 0.1) is 0 Å². The third-order valence-electron chi connectivity index (χ3n) is 1.30. The SMILES string of the molecule is CCCSCC(OC(=O)CO)C(=O)O. The lowest BCUT2D eigenvalue weighted by Gasteiger charge is -2.11. The van der Waals surface area contributed by atoms with E-state index in [9.17, 15) is 9.59 Å². The summed E-state index contributed by atoms with van der Waals surface area (Å²) in [5.74, 6) is -1.06. The molecule has 0 heterocycles. The normalized spacial score (nSPS) is 12.1. The fraction of sp³-hybridized carbons (Fsp3) is 0.750. The lowest BCUT2D eigenvalue weighted by molar-refractivity contribution is -0.164. The van der Waals surface area contributed by atoms with Gasteiger partial charge >= 0.3 is 11.9 Å². The summed E-state index contributed by atoms with van der Waals surface area (Å²) in [6.07, 6.45) is -0.225. The second-order valence-corrected chi connectivity index (χ2v) is 3.70. The van der Waals surface area contributed by atoms with Crippen LogP contribution in [-0.2, 0) is 14.3 Å². The van der Waals surface area contributed by atoms with Gasteiger partial charge in [0.2, 0.25) is 6.10 Å². The minimum atomic E-state index is -1.18. The lowest BCUT2D eigenvalue weighted by Crippen LogP contribution is -2.30. The number of rotatable bonds is 7. The van der Waals surface area contributed by atoms with Crippen molar-refractivity contribution in [3.05, 3.63) is 0 Å². The number of thioether (sulfide) groups is 1. The Morgan fingerprint density at radius 1 is 1.50 bits per heavy atom. The summed E-state index contributed by atoms with van der Waals surface area (Å²) in [4.78, 5) is 21.2. The van der Waals surface area contributed by atoms with Crippen molar-refractivity contribution in [2.45, 2.75) is 19.4 Å². The minimum absolute atomic E-state index is 0.217. The topological polar surface area (TPSA) is 83.8 Å². The highest BCUT2D eigenvalue weighted by Gasteiger charge is 2.21. The van der Waals surface area contributed by atoms with Crippen LogP contribution in [-0.4, -0.2) is 46.4 Å². The first-order chi connectivity index (χ1) is 6.61. The largest absolute Gasteiger partial charge is 0.478 e. The van der Waals surface area contributed by atoms with Crippen LogP contribution in [0.25, 0.3) is 0 Å². The van der Waals surface area contributed by atoms with Crippen LogP contribution in [0.4, 0.5) is 0 Å². The predicted octanol–water partition coefficient (Wildman–Crippen LogP) is 0.118. The number of carbonyl (C=O) groups is 2. The number of hydrogen-bond donors (Lipinski definition) is 2. The van der Waals surface area contributed by atoms with E-state index in [-0.39, 0.29) is 5.75 Å². The number of aliphatic hydroxyl groups excluding tert-OH is 1. The third kappa shape index (κ3) is 5.82. The molecule has 0 aromatic carbocycles. The van der Waals surface area contributed by atoms with Gasteiger partial charge in [-0.25, -0.2) is 9.59 Å². The number of esters is 1. The van der Waals surface area contributed by atoms with Crippen molar-refractivity contribution in [1.29, 1.82) is 0 Å². The molecule has 0 spiro atoms. The van der Waals surface area contributed by atoms with Gasteiger partial charge in [-0.15, -0.1) is 0 Å². The van der Waals surface area contributed by atoms with Crippen molar-refractivity contribution >= 4 is 23.7 Å². The Labute approximate surface area is 86.4 Å². The van der Waals surface area contributed by atoms with E-state index in [2.05, 4.69) is 4.74 Å². The van der Waals surface area contributed by atoms with E-state index in [4.69, 9.17) is 10.2 Å². The van der Waals surface area contributed by atoms with E-state index < -0.39 is 24.6 Å². The molecule has 82 valence electrons. The maximum Gasteiger partial charge on any atom is 0.345 e. The molecule has 0 aromatic rings. The summed E-state index contributed by atoms with van der Waals surface area (Å²) in [6.45, 7) is 1.19. The average Bonchev–Trinajstić information content (AvgIpc) is 2.16. The first-order valence-corrected chi connectivity index (χ1v) is 5.38. The molecule has 0 radical (unpaired) electrons. The van der Waals surface area contributed by atoms with E-state index >= 15 is 0 Å². The Balaban J connectivity index is 3.90. The monoisotopic (exact) mass is 222 g/mol. The molecule has 0 rings (SSSR count). The quantitative estimate of drug-likeness (QED) is 0.470. The lowest BCUT2D eigenvalue weighted by atomic mass is 10.4. The number of aliphatic carboxylic acids is 1. The van der Waals surface area contributed by atoms with E-state index in [0.29, 0.717) is 0 Å². The molecule has 0 aliphatic carbocycles. The fourth-order valence-electron chi connectivity index (χ4n) is 0.686. The van der Waals surface area contributed by atoms with Crippen LogP contribution in [0.15, 0.2) is 0 Å². The van der Waals surface area contributed by atoms with Crippen molar-refractivity contribution in [2.24, 2.45) is 0 Å². The molecule has 1 unspecified atom stereocenters. The number of carboxylic acids is 1. The van der Waals surface area contributed by atoms with E-state index in [1.807, 2.05) is 6.92 Å². The summed E-state index contributed by atoms with van der Waals surface area (Å²) in [7, 11) is 0. The van der Waals surface area contributed by atoms with Crippen molar-refractivity contribution < 1.29 is 24.5 Å². The Morgan fingerprint density at radius 2 is 2.14 bits per heavy atom. The first kappa shape index (κ1) is 13.2. The van der Waals surface area contributed by atoms with Crippen LogP contribution >= 0.6 is 11.8 Å². The zero-order valence-corrected chi connectivity index (χ0v) is 8.75. The smallest absolute Gasteiger partial charge is 0.345 e. The summed E-state index contributed by atoms with van der Waals surface area (Å²) < 4.78 is 4.50. The Kier molecular flexibility index (Phi) is 7.23. The predicted molar refractivity (Wildman–Crippen MR) is 52.2 cm³/mol. The van der Waals surface area contributed by atoms with Crippen molar-refractivity contribution in [2.75, 3.05) is 18.1 Å². The van der Waals surface area contributed by atoms with Crippen LogP contribution in [0.3, 0.4) is 0 Å². The molecule has 0 saturated carbocycles. The number of carbonyl (C=O) groups excluding carboxylic acids is 1. The molecule has 14 heavy (non-hydrogen) atoms. The van der Waals surface area contributed by atoms with Crippen LogP contribution in [0.1, 0.15) is 13.3 Å². The van der Waals surface area contributed by atoms with Gasteiger partial charge in [-0.2, -0.15) is 11.8 Å². The summed E-state index contributed by atoms with van der Waals surface area (Å²) in [5.41, 5.74) is 0. The molecular weight excluding hydrogens is 208 g/mol. The molecule has 0 amide bonds. The fourth-order valence-corrected chi connectivity index (χ4v) is 1.57. The summed E-state index contributed by atoms with van der Waals surface area (Å²) in [5, 5.41) is 17.0. The van der Waals surface area contributed by atoms with E-state index in [0.717, 1.165) is 12.2 Å². The second kappa shape index (κ2) is 7.64. The molecule has 2 N–H and O–H groups in total. The summed E-state index contributed by atoms with van der Waals surface area (Å²) >= 11 is 1.40. The van der Waals surface area contributed by atoms with Crippen LogP contribution in [0.2, 0.25) is 0 Å². The number of carboxylic acid groups (broad SMARTS) is 1. The van der Waals surface area contributed by atoms with Gasteiger partial charge < -0.3 is 14.9 Å². The molecule has 5 nitrogen and oxygen atoms in total. The Morgan fingerprint density at radius 3 is 2.57 bits per heavy atom. The number of ether oxygens (including phenoxy) is 1. The highest BCUT2D eigenvalue weighted by molar-refractivity contribution is 7.99. The maximum atomic E-state index is 10.6. The molecule has 0 aliphatic rings. The first-order valence-electron chi connectivity index (χ1n) is 4.22. The van der Waals surface area contributed by atoms with Gasteiger partial charge in [0.1, 0.15) is 6.61 Å². The standard InChI is InChI=1S/C8H14O5S/c1-2-3-14-5-6(8(11)12)13-7(10)4-9/h6,9H,2-5H2,1H3,(H,11,12). The Bertz CT molecular complexity index is 194. The van der Waals surface area contributed by atoms with Crippen LogP contribution in [0, 0.1) is 0 Å². The van der Waals surface area contributed by atoms with E-state index in [1.165, 1.54) is 11.8 Å². The molecule has 1 atom stereocenters. The van der Waals surface area contributed by atoms with Gasteiger partial charge in [-0.3, -0.25) is 0 Å². The summed E-state index contributed by atoms with van der Waals surface area (Å²) in [6, 6.07) is 0. The van der Waals surface area contributed by atoms with Crippen LogP contribution in [0.5, 0.6) is 0 Å². The van der Waals surface area contributed by atoms with Crippen molar-refractivity contribution in [3.8, 4) is 0 Å². The molecule has 0 saturated heterocycles. The molecular formula is C8H14O5S. The van der Waals surface area contributed by atoms with Gasteiger partial charge in [-0.1, -0.05) is 6.92 Å². The Hall–Kier alpha value is -0.750. The minimum Gasteiger partial charge on any atom is -0.478 e. The molecule has 0 bridgehead atoms. The molecule has 6 heteroatoms. The molecule has 0 aliphatic heterocycles. The van der Waals surface area contributed by atoms with Gasteiger partial charge in [0, 0.05) is 5.75 Å². The van der Waals surface area contributed by atoms with E-state index in [1.54, 1.807) is 0 Å². The third-order valence-corrected chi connectivity index (χ3v) is 2.53. The van der Waals surface area contributed by atoms with Gasteiger partial charge in [0.25, 0.3) is 0 Å². The highest BCUT2D eigenvalue weighted by atomic mass is 32.2. The number of hydrogen-bond acceptors (Lipinski definition) is 5. The van der Waals surface area contributed by atoms with Gasteiger partial charge in [0.15, 0.2) is 0 Å². The highest BCUT2D eigenvalue weighted by Crippen LogP contribution is 2.07. The second-order valence-electron chi connectivity index (χ2n) is 2.55. The van der Waals surface area contributed by atoms with Gasteiger partial charge in [-0.05, 0) is 12.2 Å². The average molecular weight is 222 g/mol. The molecule has 0 aromatic heterocycles. The maximum absolute atomic E-state index is 10.6. The molecule has 0 fully saturated rings.